The monoisotopic (exact) mass is 510 g/mol. The normalized spacial score (nSPS) is 21.6. The number of nitrogens with one attached hydrogen (secondary N) is 1. The van der Waals surface area contributed by atoms with E-state index in [-0.39, 0.29) is 31.1 Å². The van der Waals surface area contributed by atoms with Gasteiger partial charge in [0.25, 0.3) is 11.8 Å². The molecule has 2 aliphatic heterocycles. The van der Waals surface area contributed by atoms with Crippen molar-refractivity contribution in [2.75, 3.05) is 32.4 Å². The Bertz CT molecular complexity index is 1250. The van der Waals surface area contributed by atoms with E-state index in [2.05, 4.69) is 5.32 Å². The van der Waals surface area contributed by atoms with Gasteiger partial charge in [-0.25, -0.2) is 13.2 Å². The maximum Gasteiger partial charge on any atom is 0.277 e. The number of pyridine rings is 1. The van der Waals surface area contributed by atoms with E-state index < -0.39 is 64.2 Å². The summed E-state index contributed by atoms with van der Waals surface area (Å²) >= 11 is 0. The molecule has 0 saturated carbocycles. The van der Waals surface area contributed by atoms with Crippen molar-refractivity contribution in [3.05, 3.63) is 62.8 Å². The third kappa shape index (κ3) is 4.39. The maximum atomic E-state index is 13.9. The molecule has 1 aromatic carbocycles. The molecule has 10 nitrogen and oxygen atoms in total. The van der Waals surface area contributed by atoms with Crippen LogP contribution in [-0.4, -0.2) is 72.2 Å². The number of hydrogen-bond donors (Lipinski definition) is 2. The van der Waals surface area contributed by atoms with E-state index in [1.165, 1.54) is 23.8 Å². The van der Waals surface area contributed by atoms with Gasteiger partial charge in [-0.15, -0.1) is 0 Å². The minimum absolute atomic E-state index is 0.0820. The van der Waals surface area contributed by atoms with E-state index in [4.69, 9.17) is 9.47 Å². The number of fused-ring (bicyclic) bond motifs is 4. The average molecular weight is 510 g/mol. The Morgan fingerprint density at radius 1 is 1.14 bits per heavy atom. The van der Waals surface area contributed by atoms with Gasteiger partial charge in [0.1, 0.15) is 35.8 Å². The highest BCUT2D eigenvalue weighted by Crippen LogP contribution is 2.27. The summed E-state index contributed by atoms with van der Waals surface area (Å²) in [5.74, 6) is -6.16. The van der Waals surface area contributed by atoms with E-state index in [1.807, 2.05) is 6.92 Å². The molecule has 36 heavy (non-hydrogen) atoms. The van der Waals surface area contributed by atoms with Gasteiger partial charge < -0.3 is 24.8 Å². The predicted octanol–water partition coefficient (Wildman–Crippen LogP) is 1.07. The smallest absolute Gasteiger partial charge is 0.277 e. The molecule has 0 unspecified atom stereocenters. The molecule has 0 spiro atoms. The van der Waals surface area contributed by atoms with Gasteiger partial charge in [0, 0.05) is 50.7 Å². The first-order valence-corrected chi connectivity index (χ1v) is 11.1. The third-order valence-electron chi connectivity index (χ3n) is 6.53. The number of carbonyl (C=O) groups is 2. The highest BCUT2D eigenvalue weighted by molar-refractivity contribution is 5.99. The Balaban J connectivity index is 1.70. The summed E-state index contributed by atoms with van der Waals surface area (Å²) < 4.78 is 53.3. The Labute approximate surface area is 203 Å². The Morgan fingerprint density at radius 3 is 2.39 bits per heavy atom. The van der Waals surface area contributed by atoms with Crippen molar-refractivity contribution >= 4 is 11.8 Å². The molecule has 2 bridgehead atoms. The number of amides is 2. The van der Waals surface area contributed by atoms with Crippen LogP contribution in [0.4, 0.5) is 13.2 Å². The van der Waals surface area contributed by atoms with Gasteiger partial charge in [-0.05, 0) is 13.3 Å². The number of methoxy groups -OCH3 is 2. The zero-order valence-electron chi connectivity index (χ0n) is 19.8. The molecule has 194 valence electrons. The third-order valence-corrected chi connectivity index (χ3v) is 6.53. The van der Waals surface area contributed by atoms with Gasteiger partial charge in [0.15, 0.2) is 11.4 Å². The second-order valence-corrected chi connectivity index (χ2v) is 8.69. The summed E-state index contributed by atoms with van der Waals surface area (Å²) in [6.07, 6.45) is 0.767. The zero-order valence-corrected chi connectivity index (χ0v) is 19.8. The van der Waals surface area contributed by atoms with Gasteiger partial charge >= 0.3 is 0 Å². The number of ether oxygens (including phenoxy) is 2. The summed E-state index contributed by atoms with van der Waals surface area (Å²) in [6, 6.07) is 0.640. The van der Waals surface area contributed by atoms with E-state index in [0.717, 1.165) is 6.20 Å². The molecule has 2 N–H and O–H groups in total. The number of benzene rings is 1. The van der Waals surface area contributed by atoms with E-state index in [9.17, 15) is 32.7 Å². The van der Waals surface area contributed by atoms with Gasteiger partial charge in [-0.3, -0.25) is 24.1 Å². The summed E-state index contributed by atoms with van der Waals surface area (Å²) in [5.41, 5.74) is -2.60. The molecule has 4 rings (SSSR count). The van der Waals surface area contributed by atoms with E-state index in [0.29, 0.717) is 18.6 Å². The summed E-state index contributed by atoms with van der Waals surface area (Å²) in [4.78, 5) is 40.2. The number of halogens is 3. The Morgan fingerprint density at radius 2 is 1.78 bits per heavy atom. The first kappa shape index (κ1) is 25.5. The number of carbonyl (C=O) groups excluding carboxylic acids is 2. The number of aromatic nitrogens is 1. The molecule has 2 amide bonds. The number of hydrogen-bond acceptors (Lipinski definition) is 7. The minimum Gasteiger partial charge on any atom is -0.502 e. The summed E-state index contributed by atoms with van der Waals surface area (Å²) in [5, 5.41) is 14.6. The fraction of sp³-hybridized carbons (Fsp3) is 0.435. The van der Waals surface area contributed by atoms with Crippen LogP contribution in [0.5, 0.6) is 5.75 Å². The molecular weight excluding hydrogens is 485 g/mol. The zero-order chi connectivity index (χ0) is 26.3. The minimum atomic E-state index is -1.21. The molecule has 1 fully saturated rings. The van der Waals surface area contributed by atoms with Crippen LogP contribution in [0.25, 0.3) is 0 Å². The highest BCUT2D eigenvalue weighted by Gasteiger charge is 2.41. The largest absolute Gasteiger partial charge is 0.502 e. The van der Waals surface area contributed by atoms with E-state index in [1.54, 1.807) is 5.01 Å². The van der Waals surface area contributed by atoms with Crippen molar-refractivity contribution in [1.82, 2.24) is 14.9 Å². The van der Waals surface area contributed by atoms with Gasteiger partial charge in [-0.2, -0.15) is 0 Å². The van der Waals surface area contributed by atoms with Crippen molar-refractivity contribution in [3.8, 4) is 5.75 Å². The summed E-state index contributed by atoms with van der Waals surface area (Å²) in [7, 11) is 3.03. The first-order valence-electron chi connectivity index (χ1n) is 11.1. The fourth-order valence-corrected chi connectivity index (χ4v) is 4.53. The lowest BCUT2D eigenvalue weighted by Crippen LogP contribution is -2.62. The second-order valence-electron chi connectivity index (χ2n) is 8.69. The molecule has 1 saturated heterocycles. The van der Waals surface area contributed by atoms with Crippen LogP contribution in [0.1, 0.15) is 39.8 Å². The van der Waals surface area contributed by atoms with Crippen LogP contribution in [0.3, 0.4) is 0 Å². The van der Waals surface area contributed by atoms with Gasteiger partial charge in [-0.1, -0.05) is 0 Å². The quantitative estimate of drug-likeness (QED) is 0.619. The Kier molecular flexibility index (Phi) is 6.96. The number of nitrogens with zero attached hydrogens (tertiary/aromatic N) is 3. The fourth-order valence-electron chi connectivity index (χ4n) is 4.53. The molecule has 2 aromatic rings. The van der Waals surface area contributed by atoms with Crippen molar-refractivity contribution in [1.29, 1.82) is 0 Å². The van der Waals surface area contributed by atoms with Crippen molar-refractivity contribution in [2.24, 2.45) is 0 Å². The molecule has 0 radical (unpaired) electrons. The predicted molar refractivity (Wildman–Crippen MR) is 120 cm³/mol. The van der Waals surface area contributed by atoms with Gasteiger partial charge in [0.05, 0.1) is 12.6 Å². The molecule has 13 heteroatoms. The van der Waals surface area contributed by atoms with Crippen LogP contribution in [0.2, 0.25) is 0 Å². The molecular formula is C23H25F3N4O6. The van der Waals surface area contributed by atoms with Crippen LogP contribution in [-0.2, 0) is 16.0 Å². The molecule has 0 aliphatic carbocycles. The van der Waals surface area contributed by atoms with Crippen LogP contribution >= 0.6 is 0 Å². The SMILES string of the molecule is CO[C@H]1C[C@@H](C)N2CN(C[C@H]1OC)C(=O)c1c(O)c(=O)c(C(=O)NCc3c(F)cc(F)cc3F)cn12. The van der Waals surface area contributed by atoms with Crippen molar-refractivity contribution < 1.29 is 37.3 Å². The lowest BCUT2D eigenvalue weighted by molar-refractivity contribution is -0.0623. The highest BCUT2D eigenvalue weighted by atomic mass is 19.1. The lowest BCUT2D eigenvalue weighted by Gasteiger charge is -2.47. The summed E-state index contributed by atoms with van der Waals surface area (Å²) in [6.45, 7) is 1.39. The number of aromatic hydroxyl groups is 1. The Hall–Kier alpha value is -3.58. The van der Waals surface area contributed by atoms with Crippen LogP contribution in [0, 0.1) is 17.5 Å². The average Bonchev–Trinajstić information content (AvgIpc) is 2.82. The maximum absolute atomic E-state index is 13.9. The second kappa shape index (κ2) is 9.82. The topological polar surface area (TPSA) is 113 Å². The standard InChI is InChI=1S/C23H25F3N4O6/c1-11-4-17(35-2)18(36-3)9-28-10-30(11)29-8-14(20(31)21(32)19(29)23(28)34)22(33)27-7-13-15(25)5-12(24)6-16(13)26/h5-6,8,11,17-18,32H,4,7,9-10H2,1-3H3,(H,27,33)/t11-,17+,18-/m1/s1. The van der Waals surface area contributed by atoms with E-state index >= 15 is 0 Å². The van der Waals surface area contributed by atoms with Crippen LogP contribution < -0.4 is 15.8 Å². The lowest BCUT2D eigenvalue weighted by atomic mass is 10.0. The molecule has 1 aromatic heterocycles. The van der Waals surface area contributed by atoms with Gasteiger partial charge in [0.2, 0.25) is 5.43 Å². The van der Waals surface area contributed by atoms with Crippen LogP contribution in [0.15, 0.2) is 23.1 Å². The van der Waals surface area contributed by atoms with Crippen molar-refractivity contribution in [2.45, 2.75) is 38.1 Å². The first-order chi connectivity index (χ1) is 17.1. The molecule has 3 atom stereocenters. The number of rotatable bonds is 5. The van der Waals surface area contributed by atoms with Crippen molar-refractivity contribution in [3.63, 3.8) is 0 Å². The molecule has 3 heterocycles. The molecule has 2 aliphatic rings.